The molecule has 1 atom stereocenters. The molecule has 2 rings (SSSR count). The van der Waals surface area contributed by atoms with Crippen molar-refractivity contribution >= 4 is 27.7 Å². The van der Waals surface area contributed by atoms with Crippen molar-refractivity contribution < 1.29 is 14.3 Å². The molecular weight excluding hydrogens is 432 g/mol. The Labute approximate surface area is 181 Å². The highest BCUT2D eigenvalue weighted by atomic mass is 79.9. The highest BCUT2D eigenvalue weighted by molar-refractivity contribution is 9.10. The van der Waals surface area contributed by atoms with Gasteiger partial charge in [-0.05, 0) is 59.0 Å². The molecule has 0 aliphatic rings. The second-order valence-corrected chi connectivity index (χ2v) is 8.07. The number of nitrogens with one attached hydrogen (secondary N) is 1. The van der Waals surface area contributed by atoms with Crippen LogP contribution in [0.25, 0.3) is 0 Å². The van der Waals surface area contributed by atoms with E-state index in [-0.39, 0.29) is 18.4 Å². The summed E-state index contributed by atoms with van der Waals surface area (Å²) in [6, 6.07) is 14.9. The van der Waals surface area contributed by atoms with Crippen molar-refractivity contribution in [3.63, 3.8) is 0 Å². The molecule has 0 bridgehead atoms. The van der Waals surface area contributed by atoms with Crippen molar-refractivity contribution in [1.82, 2.24) is 10.2 Å². The van der Waals surface area contributed by atoms with Crippen molar-refractivity contribution in [2.45, 2.75) is 46.2 Å². The normalized spacial score (nSPS) is 11.8. The molecule has 5 nitrogen and oxygen atoms in total. The summed E-state index contributed by atoms with van der Waals surface area (Å²) in [5.41, 5.74) is 2.14. The molecule has 0 fully saturated rings. The minimum absolute atomic E-state index is 0.143. The monoisotopic (exact) mass is 460 g/mol. The molecule has 0 saturated heterocycles. The third-order valence-electron chi connectivity index (χ3n) is 4.69. The van der Waals surface area contributed by atoms with E-state index in [0.717, 1.165) is 10.0 Å². The third-order valence-corrected chi connectivity index (χ3v) is 5.31. The number of hydrogen-bond donors (Lipinski definition) is 1. The highest BCUT2D eigenvalue weighted by Gasteiger charge is 2.26. The molecule has 0 spiro atoms. The van der Waals surface area contributed by atoms with Gasteiger partial charge in [-0.15, -0.1) is 0 Å². The standard InChI is InChI=1S/C23H29BrN2O3/c1-5-25-23(28)17(4)26(14-18-9-7-6-8-10-18)22(27)15-29-21-12-11-19(16(2)3)13-20(21)24/h6-13,16-17H,5,14-15H2,1-4H3,(H,25,28)/t17-/m0/s1. The topological polar surface area (TPSA) is 58.6 Å². The zero-order valence-corrected chi connectivity index (χ0v) is 19.0. The molecular formula is C23H29BrN2O3. The zero-order chi connectivity index (χ0) is 21.4. The highest BCUT2D eigenvalue weighted by Crippen LogP contribution is 2.29. The second-order valence-electron chi connectivity index (χ2n) is 7.21. The average Bonchev–Trinajstić information content (AvgIpc) is 2.71. The van der Waals surface area contributed by atoms with Crippen LogP contribution in [0.2, 0.25) is 0 Å². The fraction of sp³-hybridized carbons (Fsp3) is 0.391. The maximum Gasteiger partial charge on any atom is 0.261 e. The second kappa shape index (κ2) is 11.0. The van der Waals surface area contributed by atoms with Crippen LogP contribution in [0, 0.1) is 0 Å². The first-order chi connectivity index (χ1) is 13.8. The van der Waals surface area contributed by atoms with Crippen LogP contribution in [0.4, 0.5) is 0 Å². The van der Waals surface area contributed by atoms with E-state index in [1.54, 1.807) is 11.8 Å². The van der Waals surface area contributed by atoms with Gasteiger partial charge in [0, 0.05) is 13.1 Å². The van der Waals surface area contributed by atoms with E-state index in [4.69, 9.17) is 4.74 Å². The summed E-state index contributed by atoms with van der Waals surface area (Å²) in [5.74, 6) is 0.584. The van der Waals surface area contributed by atoms with Crippen LogP contribution in [0.5, 0.6) is 5.75 Å². The number of carbonyl (C=O) groups excluding carboxylic acids is 2. The van der Waals surface area contributed by atoms with Gasteiger partial charge in [-0.3, -0.25) is 9.59 Å². The minimum Gasteiger partial charge on any atom is -0.483 e. The van der Waals surface area contributed by atoms with E-state index < -0.39 is 6.04 Å². The Hall–Kier alpha value is -2.34. The Balaban J connectivity index is 2.13. The Bertz CT molecular complexity index is 824. The lowest BCUT2D eigenvalue weighted by Gasteiger charge is -2.28. The van der Waals surface area contributed by atoms with Crippen molar-refractivity contribution in [3.05, 3.63) is 64.1 Å². The van der Waals surface area contributed by atoms with Gasteiger partial charge in [0.1, 0.15) is 11.8 Å². The average molecular weight is 461 g/mol. The molecule has 0 aliphatic heterocycles. The summed E-state index contributed by atoms with van der Waals surface area (Å²) in [6.07, 6.45) is 0. The summed E-state index contributed by atoms with van der Waals surface area (Å²) < 4.78 is 6.58. The van der Waals surface area contributed by atoms with E-state index in [2.05, 4.69) is 35.1 Å². The SMILES string of the molecule is CCNC(=O)[C@H](C)N(Cc1ccccc1)C(=O)COc1ccc(C(C)C)cc1Br. The number of amides is 2. The summed E-state index contributed by atoms with van der Waals surface area (Å²) in [4.78, 5) is 26.9. The number of carbonyl (C=O) groups is 2. The largest absolute Gasteiger partial charge is 0.483 e. The van der Waals surface area contributed by atoms with Crippen LogP contribution in [-0.2, 0) is 16.1 Å². The fourth-order valence-corrected chi connectivity index (χ4v) is 3.41. The maximum atomic E-state index is 13.0. The molecule has 156 valence electrons. The van der Waals surface area contributed by atoms with Gasteiger partial charge in [0.15, 0.2) is 6.61 Å². The molecule has 2 amide bonds. The van der Waals surface area contributed by atoms with Gasteiger partial charge in [0.05, 0.1) is 4.47 Å². The van der Waals surface area contributed by atoms with Crippen LogP contribution in [-0.4, -0.2) is 35.9 Å². The predicted octanol–water partition coefficient (Wildman–Crippen LogP) is 4.50. The van der Waals surface area contributed by atoms with E-state index in [9.17, 15) is 9.59 Å². The zero-order valence-electron chi connectivity index (χ0n) is 17.4. The maximum absolute atomic E-state index is 13.0. The van der Waals surface area contributed by atoms with Crippen LogP contribution in [0.3, 0.4) is 0 Å². The quantitative estimate of drug-likeness (QED) is 0.598. The van der Waals surface area contributed by atoms with Gasteiger partial charge in [0.25, 0.3) is 5.91 Å². The van der Waals surface area contributed by atoms with Crippen LogP contribution in [0.15, 0.2) is 53.0 Å². The Morgan fingerprint density at radius 2 is 1.79 bits per heavy atom. The Morgan fingerprint density at radius 3 is 2.38 bits per heavy atom. The number of rotatable bonds is 9. The molecule has 0 heterocycles. The van der Waals surface area contributed by atoms with E-state index in [0.29, 0.717) is 24.8 Å². The summed E-state index contributed by atoms with van der Waals surface area (Å²) in [7, 11) is 0. The predicted molar refractivity (Wildman–Crippen MR) is 119 cm³/mol. The smallest absolute Gasteiger partial charge is 0.261 e. The molecule has 29 heavy (non-hydrogen) atoms. The van der Waals surface area contributed by atoms with Gasteiger partial charge in [-0.2, -0.15) is 0 Å². The van der Waals surface area contributed by atoms with Crippen molar-refractivity contribution in [2.24, 2.45) is 0 Å². The van der Waals surface area contributed by atoms with Gasteiger partial charge in [-0.25, -0.2) is 0 Å². The fourth-order valence-electron chi connectivity index (χ4n) is 2.90. The first-order valence-electron chi connectivity index (χ1n) is 9.86. The lowest BCUT2D eigenvalue weighted by atomic mass is 10.0. The van der Waals surface area contributed by atoms with Gasteiger partial charge in [0.2, 0.25) is 5.91 Å². The van der Waals surface area contributed by atoms with Crippen LogP contribution in [0.1, 0.15) is 44.7 Å². The molecule has 0 aromatic heterocycles. The molecule has 6 heteroatoms. The number of likely N-dealkylation sites (N-methyl/N-ethyl adjacent to an activating group) is 1. The van der Waals surface area contributed by atoms with E-state index in [1.165, 1.54) is 5.56 Å². The number of hydrogen-bond acceptors (Lipinski definition) is 3. The van der Waals surface area contributed by atoms with Crippen molar-refractivity contribution in [3.8, 4) is 5.75 Å². The first-order valence-corrected chi connectivity index (χ1v) is 10.7. The summed E-state index contributed by atoms with van der Waals surface area (Å²) >= 11 is 3.52. The molecule has 1 N–H and O–H groups in total. The molecule has 0 saturated carbocycles. The lowest BCUT2D eigenvalue weighted by Crippen LogP contribution is -2.49. The van der Waals surface area contributed by atoms with E-state index in [1.807, 2.05) is 55.5 Å². The van der Waals surface area contributed by atoms with Crippen molar-refractivity contribution in [2.75, 3.05) is 13.2 Å². The molecule has 0 radical (unpaired) electrons. The first kappa shape index (κ1) is 22.9. The Kier molecular flexibility index (Phi) is 8.70. The number of ether oxygens (including phenoxy) is 1. The van der Waals surface area contributed by atoms with E-state index >= 15 is 0 Å². The molecule has 2 aromatic carbocycles. The molecule has 0 aliphatic carbocycles. The van der Waals surface area contributed by atoms with Gasteiger partial charge in [-0.1, -0.05) is 50.2 Å². The summed E-state index contributed by atoms with van der Waals surface area (Å²) in [6.45, 7) is 8.55. The van der Waals surface area contributed by atoms with Gasteiger partial charge < -0.3 is 15.0 Å². The Morgan fingerprint density at radius 1 is 1.10 bits per heavy atom. The van der Waals surface area contributed by atoms with Gasteiger partial charge >= 0.3 is 0 Å². The molecule has 2 aromatic rings. The van der Waals surface area contributed by atoms with Crippen molar-refractivity contribution in [1.29, 1.82) is 0 Å². The number of nitrogens with zero attached hydrogens (tertiary/aromatic N) is 1. The van der Waals surface area contributed by atoms with Crippen LogP contribution < -0.4 is 10.1 Å². The number of benzene rings is 2. The minimum atomic E-state index is -0.599. The third kappa shape index (κ3) is 6.60. The summed E-state index contributed by atoms with van der Waals surface area (Å²) in [5, 5.41) is 2.78. The lowest BCUT2D eigenvalue weighted by molar-refractivity contribution is -0.142. The molecule has 0 unspecified atom stereocenters. The van der Waals surface area contributed by atoms with Crippen LogP contribution >= 0.6 is 15.9 Å². The number of halogens is 1.